The van der Waals surface area contributed by atoms with Gasteiger partial charge in [0.2, 0.25) is 5.82 Å². The molecule has 2 aromatic rings. The maximum atomic E-state index is 13.4. The van der Waals surface area contributed by atoms with Gasteiger partial charge in [-0.05, 0) is 26.0 Å². The van der Waals surface area contributed by atoms with Crippen molar-refractivity contribution in [1.29, 1.82) is 0 Å². The molecule has 0 saturated carbocycles. The Morgan fingerprint density at radius 3 is 2.61 bits per heavy atom. The summed E-state index contributed by atoms with van der Waals surface area (Å²) in [5, 5.41) is 4.85. The normalized spacial score (nSPS) is 16.7. The highest BCUT2D eigenvalue weighted by Crippen LogP contribution is 2.31. The molecule has 1 aliphatic rings. The number of rotatable bonds is 6. The van der Waals surface area contributed by atoms with Crippen molar-refractivity contribution in [3.63, 3.8) is 0 Å². The standard InChI is InChI=1S/C19H19F3N4O5/c1-3-30-16(28)15-10(2)23-18(29)25-12(15)9-31-14(27)8-26-13-7-5-4-6-11(13)24-17(26)19(20,21)22/h4-7,10H,3,8-9H2,1-2H3,(H2,23,25,29). The zero-order valence-corrected chi connectivity index (χ0v) is 16.6. The van der Waals surface area contributed by atoms with Gasteiger partial charge in [-0.15, -0.1) is 0 Å². The van der Waals surface area contributed by atoms with E-state index in [4.69, 9.17) is 9.47 Å². The molecule has 0 fully saturated rings. The van der Waals surface area contributed by atoms with Crippen LogP contribution in [0.15, 0.2) is 35.5 Å². The first-order valence-corrected chi connectivity index (χ1v) is 9.27. The Hall–Kier alpha value is -3.57. The molecule has 9 nitrogen and oxygen atoms in total. The van der Waals surface area contributed by atoms with Crippen molar-refractivity contribution in [1.82, 2.24) is 20.2 Å². The van der Waals surface area contributed by atoms with E-state index < -0.39 is 49.2 Å². The summed E-state index contributed by atoms with van der Waals surface area (Å²) in [6.07, 6.45) is -4.78. The predicted molar refractivity (Wildman–Crippen MR) is 100 cm³/mol. The zero-order chi connectivity index (χ0) is 22.8. The number of para-hydroxylation sites is 2. The summed E-state index contributed by atoms with van der Waals surface area (Å²) in [4.78, 5) is 39.8. The Morgan fingerprint density at radius 1 is 1.23 bits per heavy atom. The predicted octanol–water partition coefficient (Wildman–Crippen LogP) is 2.12. The minimum Gasteiger partial charge on any atom is -0.463 e. The maximum Gasteiger partial charge on any atom is 0.449 e. The molecule has 1 aliphatic heterocycles. The van der Waals surface area contributed by atoms with Crippen LogP contribution in [0.5, 0.6) is 0 Å². The lowest BCUT2D eigenvalue weighted by Gasteiger charge is -2.26. The highest BCUT2D eigenvalue weighted by Gasteiger charge is 2.38. The number of urea groups is 1. The number of alkyl halides is 3. The van der Waals surface area contributed by atoms with Gasteiger partial charge in [-0.1, -0.05) is 12.1 Å². The molecule has 1 unspecified atom stereocenters. The summed E-state index contributed by atoms with van der Waals surface area (Å²) in [7, 11) is 0. The van der Waals surface area contributed by atoms with E-state index >= 15 is 0 Å². The SMILES string of the molecule is CCOC(=O)C1=C(COC(=O)Cn2c(C(F)(F)F)nc3ccccc32)NC(=O)NC1C. The Balaban J connectivity index is 1.82. The van der Waals surface area contributed by atoms with Gasteiger partial charge in [-0.2, -0.15) is 13.2 Å². The number of amides is 2. The number of hydrogen-bond donors (Lipinski definition) is 2. The highest BCUT2D eigenvalue weighted by atomic mass is 19.4. The van der Waals surface area contributed by atoms with Crippen LogP contribution in [0.2, 0.25) is 0 Å². The van der Waals surface area contributed by atoms with E-state index in [9.17, 15) is 27.6 Å². The molecule has 12 heteroatoms. The fourth-order valence-corrected chi connectivity index (χ4v) is 3.17. The molecule has 0 bridgehead atoms. The molecular formula is C19H19F3N4O5. The van der Waals surface area contributed by atoms with Crippen LogP contribution in [0, 0.1) is 0 Å². The lowest BCUT2D eigenvalue weighted by molar-refractivity contribution is -0.150. The molecule has 0 aliphatic carbocycles. The van der Waals surface area contributed by atoms with Crippen LogP contribution in [-0.4, -0.2) is 46.8 Å². The smallest absolute Gasteiger partial charge is 0.449 e. The number of aromatic nitrogens is 2. The van der Waals surface area contributed by atoms with E-state index in [1.54, 1.807) is 13.8 Å². The molecule has 31 heavy (non-hydrogen) atoms. The minimum atomic E-state index is -4.78. The van der Waals surface area contributed by atoms with E-state index in [0.717, 1.165) is 0 Å². The van der Waals surface area contributed by atoms with Crippen molar-refractivity contribution in [3.8, 4) is 0 Å². The fourth-order valence-electron chi connectivity index (χ4n) is 3.17. The number of benzene rings is 1. The largest absolute Gasteiger partial charge is 0.463 e. The Kier molecular flexibility index (Phi) is 6.18. The van der Waals surface area contributed by atoms with Gasteiger partial charge in [0, 0.05) is 0 Å². The summed E-state index contributed by atoms with van der Waals surface area (Å²) in [6, 6.07) is 4.52. The molecule has 166 valence electrons. The molecule has 2 amide bonds. The van der Waals surface area contributed by atoms with E-state index in [-0.39, 0.29) is 28.9 Å². The summed E-state index contributed by atoms with van der Waals surface area (Å²) < 4.78 is 50.8. The van der Waals surface area contributed by atoms with Crippen LogP contribution in [0.3, 0.4) is 0 Å². The van der Waals surface area contributed by atoms with Crippen molar-refractivity contribution in [3.05, 3.63) is 41.4 Å². The quantitative estimate of drug-likeness (QED) is 0.666. The second-order valence-corrected chi connectivity index (χ2v) is 6.60. The van der Waals surface area contributed by atoms with Crippen molar-refractivity contribution < 1.29 is 37.0 Å². The summed E-state index contributed by atoms with van der Waals surface area (Å²) in [5.41, 5.74) is 0.240. The van der Waals surface area contributed by atoms with Crippen molar-refractivity contribution >= 4 is 29.0 Å². The topological polar surface area (TPSA) is 112 Å². The van der Waals surface area contributed by atoms with E-state index in [1.165, 1.54) is 24.3 Å². The van der Waals surface area contributed by atoms with Gasteiger partial charge >= 0.3 is 24.1 Å². The van der Waals surface area contributed by atoms with E-state index in [2.05, 4.69) is 15.6 Å². The molecule has 1 aromatic heterocycles. The van der Waals surface area contributed by atoms with Gasteiger partial charge < -0.3 is 24.7 Å². The number of fused-ring (bicyclic) bond motifs is 1. The molecule has 2 N–H and O–H groups in total. The highest BCUT2D eigenvalue weighted by molar-refractivity contribution is 5.94. The van der Waals surface area contributed by atoms with Crippen LogP contribution in [-0.2, 0) is 31.8 Å². The van der Waals surface area contributed by atoms with Gasteiger partial charge in [0.05, 0.1) is 35.0 Å². The van der Waals surface area contributed by atoms with E-state index in [0.29, 0.717) is 4.57 Å². The average Bonchev–Trinajstić information content (AvgIpc) is 3.05. The first-order chi connectivity index (χ1) is 14.6. The zero-order valence-electron chi connectivity index (χ0n) is 16.6. The van der Waals surface area contributed by atoms with Crippen LogP contribution in [0.4, 0.5) is 18.0 Å². The molecule has 2 heterocycles. The monoisotopic (exact) mass is 440 g/mol. The minimum absolute atomic E-state index is 0.00501. The Morgan fingerprint density at radius 2 is 1.94 bits per heavy atom. The number of halogens is 3. The van der Waals surface area contributed by atoms with Crippen LogP contribution >= 0.6 is 0 Å². The fraction of sp³-hybridized carbons (Fsp3) is 0.368. The number of imidazole rings is 1. The number of ether oxygens (including phenoxy) is 2. The maximum absolute atomic E-state index is 13.4. The summed E-state index contributed by atoms with van der Waals surface area (Å²) >= 11 is 0. The number of carbonyl (C=O) groups is 3. The first-order valence-electron chi connectivity index (χ1n) is 9.27. The second-order valence-electron chi connectivity index (χ2n) is 6.60. The third-order valence-corrected chi connectivity index (χ3v) is 4.44. The number of esters is 2. The number of nitrogens with zero attached hydrogens (tertiary/aromatic N) is 2. The van der Waals surface area contributed by atoms with Gasteiger partial charge in [0.15, 0.2) is 0 Å². The van der Waals surface area contributed by atoms with E-state index in [1.807, 2.05) is 0 Å². The lowest BCUT2D eigenvalue weighted by Crippen LogP contribution is -2.50. The molecule has 1 atom stereocenters. The van der Waals surface area contributed by atoms with Crippen molar-refractivity contribution in [2.45, 2.75) is 32.6 Å². The van der Waals surface area contributed by atoms with Crippen LogP contribution in [0.25, 0.3) is 11.0 Å². The third-order valence-electron chi connectivity index (χ3n) is 4.44. The molecule has 3 rings (SSSR count). The van der Waals surface area contributed by atoms with Crippen molar-refractivity contribution in [2.75, 3.05) is 13.2 Å². The third kappa shape index (κ3) is 4.78. The second kappa shape index (κ2) is 8.66. The Labute approximate surface area is 174 Å². The van der Waals surface area contributed by atoms with Crippen LogP contribution < -0.4 is 10.6 Å². The van der Waals surface area contributed by atoms with Gasteiger partial charge in [0.25, 0.3) is 0 Å². The van der Waals surface area contributed by atoms with Crippen LogP contribution in [0.1, 0.15) is 19.7 Å². The molecule has 0 saturated heterocycles. The molecule has 1 aromatic carbocycles. The number of nitrogens with one attached hydrogen (secondary N) is 2. The lowest BCUT2D eigenvalue weighted by atomic mass is 10.0. The molecule has 0 spiro atoms. The summed E-state index contributed by atoms with van der Waals surface area (Å²) in [5.74, 6) is -2.96. The average molecular weight is 440 g/mol. The van der Waals surface area contributed by atoms with Gasteiger partial charge in [-0.3, -0.25) is 4.79 Å². The number of hydrogen-bond acceptors (Lipinski definition) is 6. The Bertz CT molecular complexity index is 1060. The van der Waals surface area contributed by atoms with Gasteiger partial charge in [0.1, 0.15) is 13.2 Å². The summed E-state index contributed by atoms with van der Waals surface area (Å²) in [6.45, 7) is 1.94. The van der Waals surface area contributed by atoms with Crippen molar-refractivity contribution in [2.24, 2.45) is 0 Å². The van der Waals surface area contributed by atoms with Gasteiger partial charge in [-0.25, -0.2) is 14.6 Å². The first kappa shape index (κ1) is 22.1. The number of carbonyl (C=O) groups excluding carboxylic acids is 3. The molecular weight excluding hydrogens is 421 g/mol. The molecule has 0 radical (unpaired) electrons.